The highest BCUT2D eigenvalue weighted by Gasteiger charge is 2.37. The highest BCUT2D eigenvalue weighted by molar-refractivity contribution is 6.02. The number of rotatable bonds is 7. The van der Waals surface area contributed by atoms with Gasteiger partial charge in [-0.15, -0.1) is 0 Å². The number of benzene rings is 9. The summed E-state index contributed by atoms with van der Waals surface area (Å²) in [6, 6.07) is 76.8. The Labute approximate surface area is 366 Å². The van der Waals surface area contributed by atoms with Gasteiger partial charge in [0.25, 0.3) is 0 Å². The van der Waals surface area contributed by atoms with Gasteiger partial charge in [0.05, 0.1) is 5.69 Å². The molecule has 0 aromatic heterocycles. The minimum Gasteiger partial charge on any atom is -0.310 e. The normalized spacial score (nSPS) is 13.8. The summed E-state index contributed by atoms with van der Waals surface area (Å²) in [6.45, 7) is 11.7. The van der Waals surface area contributed by atoms with Gasteiger partial charge in [0, 0.05) is 27.8 Å². The van der Waals surface area contributed by atoms with Gasteiger partial charge in [-0.05, 0) is 127 Å². The molecule has 0 N–H and O–H groups in total. The zero-order valence-corrected chi connectivity index (χ0v) is 36.1. The molecule has 0 spiro atoms. The lowest BCUT2D eigenvalue weighted by Crippen LogP contribution is -2.17. The second kappa shape index (κ2) is 14.5. The summed E-state index contributed by atoms with van der Waals surface area (Å²) in [5, 5.41) is 0. The summed E-state index contributed by atoms with van der Waals surface area (Å²) in [7, 11) is 0. The monoisotopic (exact) mass is 795 g/mol. The molecule has 0 saturated carbocycles. The first kappa shape index (κ1) is 37.8. The Bertz CT molecular complexity index is 3170. The summed E-state index contributed by atoms with van der Waals surface area (Å²) >= 11 is 0. The number of aryl methyl sites for hydroxylation is 1. The molecule has 2 aliphatic carbocycles. The van der Waals surface area contributed by atoms with Crippen molar-refractivity contribution in [3.05, 3.63) is 234 Å². The zero-order valence-electron chi connectivity index (χ0n) is 36.1. The fourth-order valence-corrected chi connectivity index (χ4v) is 10.5. The van der Waals surface area contributed by atoms with Crippen LogP contribution in [0, 0.1) is 6.92 Å². The first-order chi connectivity index (χ1) is 30.2. The van der Waals surface area contributed by atoms with E-state index in [0.29, 0.717) is 0 Å². The number of hydrogen-bond donors (Lipinski definition) is 0. The van der Waals surface area contributed by atoms with Gasteiger partial charge in [0.1, 0.15) is 0 Å². The molecule has 0 saturated heterocycles. The smallest absolute Gasteiger partial charge is 0.0546 e. The first-order valence-electron chi connectivity index (χ1n) is 21.9. The largest absolute Gasteiger partial charge is 0.310 e. The van der Waals surface area contributed by atoms with Crippen molar-refractivity contribution < 1.29 is 0 Å². The van der Waals surface area contributed by atoms with Crippen LogP contribution in [0.2, 0.25) is 0 Å². The topological polar surface area (TPSA) is 3.24 Å². The van der Waals surface area contributed by atoms with Crippen LogP contribution in [-0.4, -0.2) is 0 Å². The van der Waals surface area contributed by atoms with Crippen molar-refractivity contribution in [3.63, 3.8) is 0 Å². The van der Waals surface area contributed by atoms with E-state index in [2.05, 4.69) is 246 Å². The maximum absolute atomic E-state index is 2.51. The van der Waals surface area contributed by atoms with Crippen molar-refractivity contribution in [2.24, 2.45) is 0 Å². The van der Waals surface area contributed by atoms with Crippen molar-refractivity contribution in [1.29, 1.82) is 0 Å². The highest BCUT2D eigenvalue weighted by Crippen LogP contribution is 2.54. The van der Waals surface area contributed by atoms with Gasteiger partial charge >= 0.3 is 0 Å². The van der Waals surface area contributed by atoms with Crippen molar-refractivity contribution >= 4 is 17.1 Å². The minimum absolute atomic E-state index is 0.123. The summed E-state index contributed by atoms with van der Waals surface area (Å²) < 4.78 is 0. The van der Waals surface area contributed by atoms with E-state index in [-0.39, 0.29) is 10.8 Å². The maximum Gasteiger partial charge on any atom is 0.0546 e. The molecule has 62 heavy (non-hydrogen) atoms. The molecule has 0 radical (unpaired) electrons. The summed E-state index contributed by atoms with van der Waals surface area (Å²) in [5.74, 6) is 0. The number of fused-ring (bicyclic) bond motifs is 6. The lowest BCUT2D eigenvalue weighted by atomic mass is 9.80. The van der Waals surface area contributed by atoms with Crippen LogP contribution in [0.15, 0.2) is 206 Å². The first-order valence-corrected chi connectivity index (χ1v) is 21.9. The summed E-state index contributed by atoms with van der Waals surface area (Å²) in [5.41, 5.74) is 24.8. The average Bonchev–Trinajstić information content (AvgIpc) is 3.68. The standard InChI is InChI=1S/C61H49N/c1-40-27-34-50-52-36-33-46(39-57(52)61(4,5)55(50)37-40)62(45-31-28-42(29-32-45)41-17-8-6-9-18-41)58-26-16-24-48(59(58)53-23-13-12-21-47(53)43-19-10-7-11-20-43)44-30-35-51-49-22-14-15-25-54(49)60(2,3)56(51)38-44/h6-39H,1-5H3. The third-order valence-corrected chi connectivity index (χ3v) is 13.8. The molecule has 0 fully saturated rings. The molecule has 1 heteroatoms. The molecular weight excluding hydrogens is 747 g/mol. The Morgan fingerprint density at radius 3 is 1.52 bits per heavy atom. The molecule has 0 heterocycles. The molecular formula is C61H49N. The van der Waals surface area contributed by atoms with Gasteiger partial charge in [-0.25, -0.2) is 0 Å². The van der Waals surface area contributed by atoms with Gasteiger partial charge in [0.15, 0.2) is 0 Å². The fourth-order valence-electron chi connectivity index (χ4n) is 10.5. The lowest BCUT2D eigenvalue weighted by molar-refractivity contribution is 0.660. The predicted octanol–water partition coefficient (Wildman–Crippen LogP) is 16.7. The van der Waals surface area contributed by atoms with Crippen molar-refractivity contribution in [1.82, 2.24) is 0 Å². The van der Waals surface area contributed by atoms with Gasteiger partial charge in [-0.1, -0.05) is 203 Å². The number of hydrogen-bond acceptors (Lipinski definition) is 1. The third-order valence-electron chi connectivity index (χ3n) is 13.8. The van der Waals surface area contributed by atoms with E-state index in [1.165, 1.54) is 94.6 Å². The van der Waals surface area contributed by atoms with Gasteiger partial charge in [0.2, 0.25) is 0 Å². The molecule has 2 aliphatic rings. The van der Waals surface area contributed by atoms with E-state index >= 15 is 0 Å². The molecule has 9 aromatic carbocycles. The minimum atomic E-state index is -0.158. The van der Waals surface area contributed by atoms with E-state index in [1.54, 1.807) is 0 Å². The Balaban J connectivity index is 1.18. The van der Waals surface area contributed by atoms with Crippen LogP contribution in [0.3, 0.4) is 0 Å². The maximum atomic E-state index is 2.51. The molecule has 11 rings (SSSR count). The van der Waals surface area contributed by atoms with Crippen LogP contribution >= 0.6 is 0 Å². The molecule has 298 valence electrons. The SMILES string of the molecule is Cc1ccc2c(c1)C(C)(C)c1cc(N(c3ccc(-c4ccccc4)cc3)c3cccc(-c4ccc5c(c4)C(C)(C)c4ccccc4-5)c3-c3ccccc3-c3ccccc3)ccc1-2. The highest BCUT2D eigenvalue weighted by atomic mass is 15.1. The van der Waals surface area contributed by atoms with Gasteiger partial charge < -0.3 is 4.90 Å². The average molecular weight is 796 g/mol. The van der Waals surface area contributed by atoms with Crippen LogP contribution in [-0.2, 0) is 10.8 Å². The second-order valence-electron chi connectivity index (χ2n) is 18.2. The number of nitrogens with zero attached hydrogens (tertiary/aromatic N) is 1. The molecule has 0 atom stereocenters. The van der Waals surface area contributed by atoms with E-state index in [0.717, 1.165) is 17.1 Å². The lowest BCUT2D eigenvalue weighted by Gasteiger charge is -2.31. The van der Waals surface area contributed by atoms with Crippen LogP contribution in [0.25, 0.3) is 66.8 Å². The predicted molar refractivity (Wildman–Crippen MR) is 263 cm³/mol. The van der Waals surface area contributed by atoms with E-state index < -0.39 is 0 Å². The Morgan fingerprint density at radius 1 is 0.306 bits per heavy atom. The van der Waals surface area contributed by atoms with Crippen LogP contribution in [0.4, 0.5) is 17.1 Å². The molecule has 0 aliphatic heterocycles. The molecule has 1 nitrogen and oxygen atoms in total. The van der Waals surface area contributed by atoms with Gasteiger partial charge in [-0.2, -0.15) is 0 Å². The Morgan fingerprint density at radius 2 is 0.790 bits per heavy atom. The third kappa shape index (κ3) is 5.98. The van der Waals surface area contributed by atoms with Crippen molar-refractivity contribution in [2.45, 2.75) is 45.4 Å². The Hall–Kier alpha value is -7.22. The van der Waals surface area contributed by atoms with Crippen molar-refractivity contribution in [3.8, 4) is 66.8 Å². The van der Waals surface area contributed by atoms with E-state index in [9.17, 15) is 0 Å². The number of anilines is 3. The van der Waals surface area contributed by atoms with Crippen LogP contribution < -0.4 is 4.90 Å². The van der Waals surface area contributed by atoms with E-state index in [1.807, 2.05) is 0 Å². The summed E-state index contributed by atoms with van der Waals surface area (Å²) in [4.78, 5) is 2.51. The quantitative estimate of drug-likeness (QED) is 0.155. The molecule has 0 bridgehead atoms. The van der Waals surface area contributed by atoms with Crippen LogP contribution in [0.1, 0.15) is 55.5 Å². The molecule has 9 aromatic rings. The summed E-state index contributed by atoms with van der Waals surface area (Å²) in [6.07, 6.45) is 0. The second-order valence-corrected chi connectivity index (χ2v) is 18.2. The fraction of sp³-hybridized carbons (Fsp3) is 0.115. The van der Waals surface area contributed by atoms with Crippen molar-refractivity contribution in [2.75, 3.05) is 4.90 Å². The van der Waals surface area contributed by atoms with E-state index in [4.69, 9.17) is 0 Å². The molecule has 0 amide bonds. The zero-order chi connectivity index (χ0) is 42.2. The van der Waals surface area contributed by atoms with Crippen LogP contribution in [0.5, 0.6) is 0 Å². The Kier molecular flexibility index (Phi) is 8.81. The molecule has 0 unspecified atom stereocenters. The van der Waals surface area contributed by atoms with Gasteiger partial charge in [-0.3, -0.25) is 0 Å².